The first kappa shape index (κ1) is 33.8. The van der Waals surface area contributed by atoms with Crippen molar-refractivity contribution in [1.29, 1.82) is 0 Å². The van der Waals surface area contributed by atoms with E-state index in [9.17, 15) is 18.0 Å². The molecule has 1 N–H and O–H groups in total. The van der Waals surface area contributed by atoms with Gasteiger partial charge in [-0.2, -0.15) is 0 Å². The van der Waals surface area contributed by atoms with Crippen LogP contribution < -0.4 is 9.62 Å². The smallest absolute Gasteiger partial charge is 0.264 e. The van der Waals surface area contributed by atoms with Crippen LogP contribution in [0.1, 0.15) is 30.5 Å². The van der Waals surface area contributed by atoms with Gasteiger partial charge in [-0.3, -0.25) is 13.9 Å². The zero-order valence-electron chi connectivity index (χ0n) is 26.2. The van der Waals surface area contributed by atoms with Crippen LogP contribution >= 0.6 is 11.8 Å². The molecule has 4 aromatic rings. The van der Waals surface area contributed by atoms with Gasteiger partial charge in [-0.25, -0.2) is 8.42 Å². The Morgan fingerprint density at radius 1 is 0.800 bits per heavy atom. The molecule has 4 rings (SSSR count). The second-order valence-electron chi connectivity index (χ2n) is 11.4. The van der Waals surface area contributed by atoms with Gasteiger partial charge in [0.1, 0.15) is 12.6 Å². The van der Waals surface area contributed by atoms with Crippen molar-refractivity contribution in [3.63, 3.8) is 0 Å². The second-order valence-corrected chi connectivity index (χ2v) is 14.1. The topological polar surface area (TPSA) is 86.8 Å². The lowest BCUT2D eigenvalue weighted by Gasteiger charge is -2.34. The predicted octanol–water partition coefficient (Wildman–Crippen LogP) is 6.32. The largest absolute Gasteiger partial charge is 0.354 e. The normalized spacial score (nSPS) is 12.0. The van der Waals surface area contributed by atoms with E-state index in [0.29, 0.717) is 12.2 Å². The number of sulfonamides is 1. The summed E-state index contributed by atoms with van der Waals surface area (Å²) in [6, 6.07) is 31.8. The van der Waals surface area contributed by atoms with E-state index in [2.05, 4.69) is 5.32 Å². The van der Waals surface area contributed by atoms with Crippen LogP contribution in [0.5, 0.6) is 0 Å². The van der Waals surface area contributed by atoms with E-state index in [1.54, 1.807) is 36.4 Å². The Balaban J connectivity index is 1.78. The lowest BCUT2D eigenvalue weighted by atomic mass is 10.0. The summed E-state index contributed by atoms with van der Waals surface area (Å²) in [6.07, 6.45) is 2.20. The van der Waals surface area contributed by atoms with Crippen LogP contribution in [-0.2, 0) is 32.6 Å². The van der Waals surface area contributed by atoms with Gasteiger partial charge in [-0.15, -0.1) is 11.8 Å². The van der Waals surface area contributed by atoms with E-state index >= 15 is 0 Å². The molecule has 0 fully saturated rings. The molecule has 1 atom stereocenters. The van der Waals surface area contributed by atoms with Gasteiger partial charge in [0.25, 0.3) is 10.0 Å². The minimum absolute atomic E-state index is 0.0822. The van der Waals surface area contributed by atoms with E-state index in [-0.39, 0.29) is 29.7 Å². The van der Waals surface area contributed by atoms with E-state index in [0.717, 1.165) is 25.9 Å². The third-order valence-electron chi connectivity index (χ3n) is 7.40. The Morgan fingerprint density at radius 2 is 1.38 bits per heavy atom. The van der Waals surface area contributed by atoms with Crippen molar-refractivity contribution >= 4 is 39.3 Å². The maximum Gasteiger partial charge on any atom is 0.264 e. The Morgan fingerprint density at radius 3 is 1.93 bits per heavy atom. The number of rotatable bonds is 14. The lowest BCUT2D eigenvalue weighted by Crippen LogP contribution is -2.53. The molecule has 0 aliphatic rings. The number of thioether (sulfide) groups is 1. The average Bonchev–Trinajstić information content (AvgIpc) is 3.05. The van der Waals surface area contributed by atoms with Gasteiger partial charge in [0.15, 0.2) is 0 Å². The number of aryl methyl sites for hydroxylation is 1. The third-order valence-corrected chi connectivity index (χ3v) is 9.93. The number of carbonyl (C=O) groups is 2. The summed E-state index contributed by atoms with van der Waals surface area (Å²) in [6.45, 7) is 6.04. The molecule has 0 saturated heterocycles. The molecule has 0 unspecified atom stereocenters. The van der Waals surface area contributed by atoms with Crippen LogP contribution in [-0.4, -0.2) is 50.5 Å². The zero-order valence-corrected chi connectivity index (χ0v) is 27.9. The fourth-order valence-corrected chi connectivity index (χ4v) is 6.69. The summed E-state index contributed by atoms with van der Waals surface area (Å²) in [5.74, 6) is -0.553. The van der Waals surface area contributed by atoms with E-state index in [1.165, 1.54) is 16.7 Å². The van der Waals surface area contributed by atoms with Gasteiger partial charge in [0.05, 0.1) is 10.6 Å². The Hall–Kier alpha value is -4.08. The van der Waals surface area contributed by atoms with Crippen molar-refractivity contribution < 1.29 is 18.0 Å². The van der Waals surface area contributed by atoms with Crippen LogP contribution in [0.15, 0.2) is 119 Å². The first-order valence-electron chi connectivity index (χ1n) is 15.0. The molecule has 0 spiro atoms. The van der Waals surface area contributed by atoms with Gasteiger partial charge in [0.2, 0.25) is 11.8 Å². The number of amides is 2. The monoisotopic (exact) mass is 643 g/mol. The molecule has 0 aliphatic carbocycles. The molecule has 45 heavy (non-hydrogen) atoms. The van der Waals surface area contributed by atoms with Gasteiger partial charge in [-0.1, -0.05) is 92.2 Å². The highest BCUT2D eigenvalue weighted by Crippen LogP contribution is 2.27. The number of hydrogen-bond donors (Lipinski definition) is 1. The van der Waals surface area contributed by atoms with Crippen molar-refractivity contribution in [2.24, 2.45) is 5.92 Å². The summed E-state index contributed by atoms with van der Waals surface area (Å²) < 4.78 is 29.5. The average molecular weight is 644 g/mol. The van der Waals surface area contributed by atoms with E-state index < -0.39 is 28.5 Å². The highest BCUT2D eigenvalue weighted by Gasteiger charge is 2.34. The Kier molecular flexibility index (Phi) is 11.8. The Bertz CT molecular complexity index is 1640. The summed E-state index contributed by atoms with van der Waals surface area (Å²) in [5, 5.41) is 3.02. The number of nitrogens with zero attached hydrogens (tertiary/aromatic N) is 2. The van der Waals surface area contributed by atoms with Crippen molar-refractivity contribution in [2.75, 3.05) is 23.7 Å². The van der Waals surface area contributed by atoms with Gasteiger partial charge in [0, 0.05) is 24.4 Å². The number of benzene rings is 4. The fourth-order valence-electron chi connectivity index (χ4n) is 4.87. The molecule has 0 aromatic heterocycles. The van der Waals surface area contributed by atoms with E-state index in [4.69, 9.17) is 0 Å². The maximum atomic E-state index is 14.5. The van der Waals surface area contributed by atoms with Crippen molar-refractivity contribution in [2.45, 2.75) is 49.6 Å². The molecule has 7 nitrogen and oxygen atoms in total. The number of nitrogens with one attached hydrogen (secondary N) is 1. The molecule has 2 amide bonds. The van der Waals surface area contributed by atoms with Crippen molar-refractivity contribution in [3.05, 3.63) is 126 Å². The summed E-state index contributed by atoms with van der Waals surface area (Å²) in [4.78, 5) is 30.8. The summed E-state index contributed by atoms with van der Waals surface area (Å²) in [7, 11) is -4.14. The van der Waals surface area contributed by atoms with Gasteiger partial charge in [-0.05, 0) is 66.6 Å². The Labute approximate surface area is 271 Å². The summed E-state index contributed by atoms with van der Waals surface area (Å²) in [5.41, 5.74) is 3.05. The fraction of sp³-hybridized carbons (Fsp3) is 0.278. The lowest BCUT2D eigenvalue weighted by molar-refractivity contribution is -0.140. The highest BCUT2D eigenvalue weighted by molar-refractivity contribution is 7.98. The third kappa shape index (κ3) is 9.22. The number of anilines is 1. The molecule has 0 aliphatic heterocycles. The quantitative estimate of drug-likeness (QED) is 0.163. The van der Waals surface area contributed by atoms with E-state index in [1.807, 2.05) is 99.8 Å². The van der Waals surface area contributed by atoms with Crippen LogP contribution in [0.2, 0.25) is 0 Å². The highest BCUT2D eigenvalue weighted by atomic mass is 32.2. The van der Waals surface area contributed by atoms with Crippen molar-refractivity contribution in [3.8, 4) is 0 Å². The van der Waals surface area contributed by atoms with Crippen LogP contribution in [0, 0.1) is 12.8 Å². The van der Waals surface area contributed by atoms with Crippen LogP contribution in [0.4, 0.5) is 5.69 Å². The molecule has 236 valence electrons. The van der Waals surface area contributed by atoms with Gasteiger partial charge < -0.3 is 10.2 Å². The van der Waals surface area contributed by atoms with Crippen LogP contribution in [0.25, 0.3) is 0 Å². The molecule has 0 bridgehead atoms. The second kappa shape index (κ2) is 15.8. The molecule has 0 saturated carbocycles. The number of hydrogen-bond acceptors (Lipinski definition) is 5. The predicted molar refractivity (Wildman–Crippen MR) is 183 cm³/mol. The maximum absolute atomic E-state index is 14.5. The first-order chi connectivity index (χ1) is 21.6. The SMILES string of the molecule is CSc1ccc(S(=O)(=O)N(CC(=O)N(Cc2ccccc2)[C@H](Cc2ccccc2)C(=O)NCC(C)C)c2ccc(C)cc2)cc1. The standard InChI is InChI=1S/C36H41N3O4S2/c1-27(2)24-37-36(41)34(23-29-11-7-5-8-12-29)38(25-30-13-9-6-10-14-30)35(40)26-39(31-17-15-28(3)16-18-31)45(42,43)33-21-19-32(44-4)20-22-33/h5-22,27,34H,23-26H2,1-4H3,(H,37,41)/t34-/m1/s1. The molecular weight excluding hydrogens is 603 g/mol. The molecule has 0 heterocycles. The minimum Gasteiger partial charge on any atom is -0.354 e. The van der Waals surface area contributed by atoms with Crippen molar-refractivity contribution in [1.82, 2.24) is 10.2 Å². The molecule has 9 heteroatoms. The molecule has 0 radical (unpaired) electrons. The first-order valence-corrected chi connectivity index (χ1v) is 17.6. The summed E-state index contributed by atoms with van der Waals surface area (Å²) >= 11 is 1.51. The number of carbonyl (C=O) groups excluding carboxylic acids is 2. The van der Waals surface area contributed by atoms with Crippen LogP contribution in [0.3, 0.4) is 0 Å². The minimum atomic E-state index is -4.14. The van der Waals surface area contributed by atoms with Gasteiger partial charge >= 0.3 is 0 Å². The molecular formula is C36H41N3O4S2. The molecule has 4 aromatic carbocycles. The zero-order chi connectivity index (χ0) is 32.4.